The third kappa shape index (κ3) is 2.72. The van der Waals surface area contributed by atoms with Gasteiger partial charge in [0.15, 0.2) is 5.13 Å². The van der Waals surface area contributed by atoms with Crippen LogP contribution < -0.4 is 10.2 Å². The van der Waals surface area contributed by atoms with Crippen molar-refractivity contribution in [3.63, 3.8) is 0 Å². The van der Waals surface area contributed by atoms with Crippen LogP contribution in [0, 0.1) is 0 Å². The van der Waals surface area contributed by atoms with Gasteiger partial charge in [0, 0.05) is 24.9 Å². The lowest BCUT2D eigenvalue weighted by Crippen LogP contribution is -2.22. The number of carbonyl (C=O) groups is 1. The van der Waals surface area contributed by atoms with Crippen molar-refractivity contribution >= 4 is 22.4 Å². The quantitative estimate of drug-likeness (QED) is 0.871. The molecule has 1 saturated heterocycles. The van der Waals surface area contributed by atoms with Crippen molar-refractivity contribution in [2.45, 2.75) is 32.7 Å². The Hall–Kier alpha value is -1.10. The zero-order valence-electron chi connectivity index (χ0n) is 9.53. The highest BCUT2D eigenvalue weighted by Crippen LogP contribution is 2.24. The molecule has 0 saturated carbocycles. The second kappa shape index (κ2) is 5.30. The van der Waals surface area contributed by atoms with Crippen molar-refractivity contribution in [1.29, 1.82) is 0 Å². The summed E-state index contributed by atoms with van der Waals surface area (Å²) in [5, 5.41) is 5.97. The largest absolute Gasteiger partial charge is 0.350 e. The van der Waals surface area contributed by atoms with E-state index >= 15 is 0 Å². The normalized spacial score (nSPS) is 15.4. The molecule has 1 aliphatic heterocycles. The number of nitrogens with one attached hydrogen (secondary N) is 1. The first-order valence-corrected chi connectivity index (χ1v) is 6.63. The van der Waals surface area contributed by atoms with Crippen LogP contribution in [0.2, 0.25) is 0 Å². The van der Waals surface area contributed by atoms with Gasteiger partial charge in [0.05, 0.1) is 12.2 Å². The lowest BCUT2D eigenvalue weighted by atomic mass is 10.4. The fraction of sp³-hybridized carbons (Fsp3) is 0.636. The fourth-order valence-electron chi connectivity index (χ4n) is 1.75. The van der Waals surface area contributed by atoms with Gasteiger partial charge in [0.2, 0.25) is 5.91 Å². The topological polar surface area (TPSA) is 45.2 Å². The molecular weight excluding hydrogens is 222 g/mol. The van der Waals surface area contributed by atoms with Crippen LogP contribution in [0.3, 0.4) is 0 Å². The van der Waals surface area contributed by atoms with Crippen LogP contribution in [0.15, 0.2) is 5.38 Å². The van der Waals surface area contributed by atoms with E-state index in [1.54, 1.807) is 11.3 Å². The molecular formula is C11H17N3OS. The van der Waals surface area contributed by atoms with E-state index in [4.69, 9.17) is 0 Å². The van der Waals surface area contributed by atoms with Crippen molar-refractivity contribution in [3.05, 3.63) is 11.1 Å². The summed E-state index contributed by atoms with van der Waals surface area (Å²) in [4.78, 5) is 17.9. The monoisotopic (exact) mass is 239 g/mol. The van der Waals surface area contributed by atoms with Crippen LogP contribution in [0.1, 0.15) is 31.9 Å². The van der Waals surface area contributed by atoms with Gasteiger partial charge >= 0.3 is 0 Å². The van der Waals surface area contributed by atoms with Crippen LogP contribution in [0.25, 0.3) is 0 Å². The summed E-state index contributed by atoms with van der Waals surface area (Å²) in [6.07, 6.45) is 3.06. The van der Waals surface area contributed by atoms with Gasteiger partial charge in [-0.05, 0) is 12.8 Å². The zero-order valence-corrected chi connectivity index (χ0v) is 10.3. The number of anilines is 1. The van der Waals surface area contributed by atoms with Crippen molar-refractivity contribution in [2.75, 3.05) is 18.0 Å². The highest BCUT2D eigenvalue weighted by molar-refractivity contribution is 7.13. The molecule has 2 rings (SSSR count). The Bertz CT molecular complexity index is 358. The standard InChI is InChI=1S/C11H17N3OS/c1-2-10(15)12-7-9-8-16-11(13-9)14-5-3-4-6-14/h8H,2-7H2,1H3,(H,12,15). The van der Waals surface area contributed by atoms with E-state index in [-0.39, 0.29) is 5.91 Å². The molecule has 0 unspecified atom stereocenters. The second-order valence-electron chi connectivity index (χ2n) is 3.95. The maximum atomic E-state index is 11.1. The number of thiazole rings is 1. The predicted octanol–water partition coefficient (Wildman–Crippen LogP) is 1.77. The van der Waals surface area contributed by atoms with E-state index in [1.807, 2.05) is 12.3 Å². The molecule has 0 spiro atoms. The van der Waals surface area contributed by atoms with Gasteiger partial charge in [-0.25, -0.2) is 4.98 Å². The minimum absolute atomic E-state index is 0.0794. The van der Waals surface area contributed by atoms with E-state index in [2.05, 4.69) is 15.2 Å². The third-order valence-electron chi connectivity index (χ3n) is 2.70. The van der Waals surface area contributed by atoms with Gasteiger partial charge in [-0.2, -0.15) is 0 Å². The van der Waals surface area contributed by atoms with Crippen molar-refractivity contribution in [2.24, 2.45) is 0 Å². The van der Waals surface area contributed by atoms with Gasteiger partial charge in [-0.3, -0.25) is 4.79 Å². The summed E-state index contributed by atoms with van der Waals surface area (Å²) < 4.78 is 0. The summed E-state index contributed by atoms with van der Waals surface area (Å²) in [6.45, 7) is 4.64. The average molecular weight is 239 g/mol. The van der Waals surface area contributed by atoms with E-state index in [0.29, 0.717) is 13.0 Å². The number of aromatic nitrogens is 1. The summed E-state index contributed by atoms with van der Waals surface area (Å²) in [7, 11) is 0. The maximum Gasteiger partial charge on any atom is 0.220 e. The van der Waals surface area contributed by atoms with Crippen LogP contribution in [-0.2, 0) is 11.3 Å². The molecule has 0 radical (unpaired) electrons. The summed E-state index contributed by atoms with van der Waals surface area (Å²) in [5.74, 6) is 0.0794. The molecule has 0 aliphatic carbocycles. The fourth-order valence-corrected chi connectivity index (χ4v) is 2.62. The summed E-state index contributed by atoms with van der Waals surface area (Å²) >= 11 is 1.67. The Morgan fingerprint density at radius 3 is 3.00 bits per heavy atom. The molecule has 2 heterocycles. The molecule has 1 N–H and O–H groups in total. The molecule has 1 aromatic rings. The Balaban J connectivity index is 1.89. The first-order valence-electron chi connectivity index (χ1n) is 5.75. The number of carbonyl (C=O) groups excluding carboxylic acids is 1. The molecule has 1 aromatic heterocycles. The predicted molar refractivity (Wildman–Crippen MR) is 65.7 cm³/mol. The van der Waals surface area contributed by atoms with E-state index in [0.717, 1.165) is 23.9 Å². The molecule has 0 atom stereocenters. The Kier molecular flexibility index (Phi) is 3.77. The number of nitrogens with zero attached hydrogens (tertiary/aromatic N) is 2. The van der Waals surface area contributed by atoms with Crippen molar-refractivity contribution in [1.82, 2.24) is 10.3 Å². The number of rotatable bonds is 4. The van der Waals surface area contributed by atoms with Gasteiger partial charge in [0.25, 0.3) is 0 Å². The van der Waals surface area contributed by atoms with Gasteiger partial charge in [0.1, 0.15) is 0 Å². The third-order valence-corrected chi connectivity index (χ3v) is 3.65. The van der Waals surface area contributed by atoms with E-state index in [9.17, 15) is 4.79 Å². The highest BCUT2D eigenvalue weighted by Gasteiger charge is 2.15. The first kappa shape index (κ1) is 11.4. The molecule has 4 nitrogen and oxygen atoms in total. The zero-order chi connectivity index (χ0) is 11.4. The molecule has 1 aliphatic rings. The number of amides is 1. The molecule has 0 aromatic carbocycles. The lowest BCUT2D eigenvalue weighted by Gasteiger charge is -2.12. The molecule has 5 heteroatoms. The van der Waals surface area contributed by atoms with Crippen LogP contribution in [-0.4, -0.2) is 24.0 Å². The first-order chi connectivity index (χ1) is 7.79. The Morgan fingerprint density at radius 2 is 2.31 bits per heavy atom. The molecule has 16 heavy (non-hydrogen) atoms. The molecule has 0 bridgehead atoms. The van der Waals surface area contributed by atoms with Crippen LogP contribution >= 0.6 is 11.3 Å². The maximum absolute atomic E-state index is 11.1. The molecule has 1 amide bonds. The SMILES string of the molecule is CCC(=O)NCc1csc(N2CCCC2)n1. The van der Waals surface area contributed by atoms with Crippen LogP contribution in [0.5, 0.6) is 0 Å². The second-order valence-corrected chi connectivity index (χ2v) is 4.78. The lowest BCUT2D eigenvalue weighted by molar-refractivity contribution is -0.120. The minimum Gasteiger partial charge on any atom is -0.350 e. The average Bonchev–Trinajstić information content (AvgIpc) is 2.95. The van der Waals surface area contributed by atoms with Gasteiger partial charge in [-0.15, -0.1) is 11.3 Å². The van der Waals surface area contributed by atoms with Crippen molar-refractivity contribution < 1.29 is 4.79 Å². The van der Waals surface area contributed by atoms with Gasteiger partial charge < -0.3 is 10.2 Å². The van der Waals surface area contributed by atoms with E-state index in [1.165, 1.54) is 12.8 Å². The number of hydrogen-bond donors (Lipinski definition) is 1. The van der Waals surface area contributed by atoms with E-state index < -0.39 is 0 Å². The van der Waals surface area contributed by atoms with Crippen molar-refractivity contribution in [3.8, 4) is 0 Å². The van der Waals surface area contributed by atoms with Gasteiger partial charge in [-0.1, -0.05) is 6.92 Å². The summed E-state index contributed by atoms with van der Waals surface area (Å²) in [5.41, 5.74) is 0.966. The number of hydrogen-bond acceptors (Lipinski definition) is 4. The Morgan fingerprint density at radius 1 is 1.56 bits per heavy atom. The molecule has 1 fully saturated rings. The molecule has 88 valence electrons. The van der Waals surface area contributed by atoms with Crippen LogP contribution in [0.4, 0.5) is 5.13 Å². The Labute approximate surface area is 99.7 Å². The summed E-state index contributed by atoms with van der Waals surface area (Å²) in [6, 6.07) is 0. The smallest absolute Gasteiger partial charge is 0.220 e. The highest BCUT2D eigenvalue weighted by atomic mass is 32.1. The minimum atomic E-state index is 0.0794.